The summed E-state index contributed by atoms with van der Waals surface area (Å²) in [6.45, 7) is 2.00. The third kappa shape index (κ3) is 3.07. The van der Waals surface area contributed by atoms with E-state index in [0.29, 0.717) is 5.02 Å². The van der Waals surface area contributed by atoms with Gasteiger partial charge in [-0.15, -0.1) is 0 Å². The van der Waals surface area contributed by atoms with Crippen LogP contribution >= 0.6 is 39.1 Å². The van der Waals surface area contributed by atoms with Gasteiger partial charge in [0.25, 0.3) is 0 Å². The molecule has 2 aromatic rings. The predicted octanol–water partition coefficient (Wildman–Crippen LogP) is 5.79. The fourth-order valence-electron chi connectivity index (χ4n) is 1.91. The van der Waals surface area contributed by atoms with Crippen molar-refractivity contribution in [3.63, 3.8) is 0 Å². The summed E-state index contributed by atoms with van der Waals surface area (Å²) >= 11 is 16.2. The molecule has 0 spiro atoms. The Balaban J connectivity index is 2.44. The first-order valence-electron chi connectivity index (χ1n) is 5.77. The van der Waals surface area contributed by atoms with E-state index in [1.807, 2.05) is 43.3 Å². The van der Waals surface area contributed by atoms with Gasteiger partial charge in [-0.3, -0.25) is 0 Å². The molecule has 0 fully saturated rings. The second-order valence-electron chi connectivity index (χ2n) is 4.20. The molecule has 0 saturated heterocycles. The molecule has 0 amide bonds. The highest BCUT2D eigenvalue weighted by Gasteiger charge is 2.17. The highest BCUT2D eigenvalue weighted by Crippen LogP contribution is 2.39. The summed E-state index contributed by atoms with van der Waals surface area (Å²) in [5.41, 5.74) is 3.16. The SMILES string of the molecule is COc1ccc(C(Br)c2cccc(Cl)c2C)c(Cl)c1. The molecule has 0 heterocycles. The minimum Gasteiger partial charge on any atom is -0.497 e. The lowest BCUT2D eigenvalue weighted by Gasteiger charge is -2.16. The van der Waals surface area contributed by atoms with Crippen molar-refractivity contribution >= 4 is 39.1 Å². The van der Waals surface area contributed by atoms with Gasteiger partial charge in [-0.2, -0.15) is 0 Å². The zero-order chi connectivity index (χ0) is 14.0. The molecule has 0 radical (unpaired) electrons. The molecule has 2 aromatic carbocycles. The van der Waals surface area contributed by atoms with E-state index in [0.717, 1.165) is 27.5 Å². The first kappa shape index (κ1) is 14.7. The molecule has 0 saturated carbocycles. The number of hydrogen-bond acceptors (Lipinski definition) is 1. The Morgan fingerprint density at radius 1 is 1.05 bits per heavy atom. The van der Waals surface area contributed by atoms with Gasteiger partial charge in [0.1, 0.15) is 5.75 Å². The maximum atomic E-state index is 6.30. The number of ether oxygens (including phenoxy) is 1. The highest BCUT2D eigenvalue weighted by atomic mass is 79.9. The van der Waals surface area contributed by atoms with Gasteiger partial charge in [-0.25, -0.2) is 0 Å². The maximum Gasteiger partial charge on any atom is 0.120 e. The molecule has 1 unspecified atom stereocenters. The predicted molar refractivity (Wildman–Crippen MR) is 85.0 cm³/mol. The minimum atomic E-state index is 0.00426. The van der Waals surface area contributed by atoms with E-state index >= 15 is 0 Å². The highest BCUT2D eigenvalue weighted by molar-refractivity contribution is 9.09. The molecule has 0 bridgehead atoms. The third-order valence-corrected chi connectivity index (χ3v) is 4.79. The second kappa shape index (κ2) is 6.17. The van der Waals surface area contributed by atoms with Crippen LogP contribution in [0.15, 0.2) is 36.4 Å². The molecule has 2 rings (SSSR count). The van der Waals surface area contributed by atoms with E-state index in [4.69, 9.17) is 27.9 Å². The molecular formula is C15H13BrCl2O. The zero-order valence-electron chi connectivity index (χ0n) is 10.6. The summed E-state index contributed by atoms with van der Waals surface area (Å²) in [4.78, 5) is 0.00426. The Labute approximate surface area is 131 Å². The van der Waals surface area contributed by atoms with E-state index in [9.17, 15) is 0 Å². The quantitative estimate of drug-likeness (QED) is 0.629. The molecule has 0 aliphatic rings. The average molecular weight is 360 g/mol. The van der Waals surface area contributed by atoms with E-state index in [-0.39, 0.29) is 4.83 Å². The van der Waals surface area contributed by atoms with Crippen molar-refractivity contribution in [2.24, 2.45) is 0 Å². The monoisotopic (exact) mass is 358 g/mol. The largest absolute Gasteiger partial charge is 0.497 e. The van der Waals surface area contributed by atoms with Gasteiger partial charge in [-0.1, -0.05) is 57.3 Å². The van der Waals surface area contributed by atoms with Gasteiger partial charge in [0.05, 0.1) is 11.9 Å². The average Bonchev–Trinajstić information content (AvgIpc) is 2.41. The summed E-state index contributed by atoms with van der Waals surface area (Å²) in [6.07, 6.45) is 0. The van der Waals surface area contributed by atoms with Crippen molar-refractivity contribution in [2.75, 3.05) is 7.11 Å². The number of hydrogen-bond donors (Lipinski definition) is 0. The lowest BCUT2D eigenvalue weighted by atomic mass is 10.0. The Morgan fingerprint density at radius 2 is 1.79 bits per heavy atom. The van der Waals surface area contributed by atoms with Crippen molar-refractivity contribution in [3.05, 3.63) is 63.1 Å². The first-order valence-corrected chi connectivity index (χ1v) is 7.44. The molecular weight excluding hydrogens is 347 g/mol. The number of rotatable bonds is 3. The van der Waals surface area contributed by atoms with Crippen molar-refractivity contribution in [2.45, 2.75) is 11.8 Å². The topological polar surface area (TPSA) is 9.23 Å². The number of alkyl halides is 1. The molecule has 0 N–H and O–H groups in total. The van der Waals surface area contributed by atoms with Crippen molar-refractivity contribution < 1.29 is 4.74 Å². The molecule has 0 aliphatic heterocycles. The van der Waals surface area contributed by atoms with Crippen molar-refractivity contribution in [3.8, 4) is 5.75 Å². The van der Waals surface area contributed by atoms with Crippen LogP contribution in [0.1, 0.15) is 21.5 Å². The van der Waals surface area contributed by atoms with Crippen LogP contribution in [0.2, 0.25) is 10.0 Å². The number of halogens is 3. The summed E-state index contributed by atoms with van der Waals surface area (Å²) in [5.74, 6) is 0.747. The van der Waals surface area contributed by atoms with Gasteiger partial charge < -0.3 is 4.74 Å². The van der Waals surface area contributed by atoms with Gasteiger partial charge in [0, 0.05) is 10.0 Å². The Hall–Kier alpha value is -0.700. The normalized spacial score (nSPS) is 12.3. The zero-order valence-corrected chi connectivity index (χ0v) is 13.7. The standard InChI is InChI=1S/C15H13BrCl2O/c1-9-11(4-3-5-13(9)17)15(16)12-7-6-10(19-2)8-14(12)18/h3-8,15H,1-2H3. The number of benzene rings is 2. The van der Waals surface area contributed by atoms with E-state index in [1.165, 1.54) is 0 Å². The Morgan fingerprint density at radius 3 is 2.42 bits per heavy atom. The third-order valence-electron chi connectivity index (χ3n) is 3.06. The summed E-state index contributed by atoms with van der Waals surface area (Å²) < 4.78 is 5.16. The molecule has 0 aliphatic carbocycles. The first-order chi connectivity index (χ1) is 9.04. The van der Waals surface area contributed by atoms with Crippen molar-refractivity contribution in [1.82, 2.24) is 0 Å². The van der Waals surface area contributed by atoms with Crippen LogP contribution in [0.4, 0.5) is 0 Å². The van der Waals surface area contributed by atoms with Gasteiger partial charge in [-0.05, 0) is 41.8 Å². The van der Waals surface area contributed by atoms with Gasteiger partial charge in [0.15, 0.2) is 0 Å². The smallest absolute Gasteiger partial charge is 0.120 e. The van der Waals surface area contributed by atoms with Crippen LogP contribution in [-0.2, 0) is 0 Å². The van der Waals surface area contributed by atoms with E-state index in [2.05, 4.69) is 15.9 Å². The van der Waals surface area contributed by atoms with Gasteiger partial charge >= 0.3 is 0 Å². The van der Waals surface area contributed by atoms with E-state index < -0.39 is 0 Å². The minimum absolute atomic E-state index is 0.00426. The van der Waals surface area contributed by atoms with E-state index in [1.54, 1.807) is 7.11 Å². The molecule has 4 heteroatoms. The fourth-order valence-corrected chi connectivity index (χ4v) is 3.40. The lowest BCUT2D eigenvalue weighted by Crippen LogP contribution is -1.97. The lowest BCUT2D eigenvalue weighted by molar-refractivity contribution is 0.414. The molecule has 1 atom stereocenters. The molecule has 1 nitrogen and oxygen atoms in total. The van der Waals surface area contributed by atoms with Gasteiger partial charge in [0.2, 0.25) is 0 Å². The van der Waals surface area contributed by atoms with Crippen LogP contribution in [0, 0.1) is 6.92 Å². The summed E-state index contributed by atoms with van der Waals surface area (Å²) in [5, 5.41) is 1.42. The summed E-state index contributed by atoms with van der Waals surface area (Å²) in [7, 11) is 1.62. The van der Waals surface area contributed by atoms with Crippen LogP contribution in [-0.4, -0.2) is 7.11 Å². The Kier molecular flexibility index (Phi) is 4.77. The summed E-state index contributed by atoms with van der Waals surface area (Å²) in [6, 6.07) is 11.5. The maximum absolute atomic E-state index is 6.30. The van der Waals surface area contributed by atoms with Crippen LogP contribution in [0.25, 0.3) is 0 Å². The van der Waals surface area contributed by atoms with Crippen LogP contribution in [0.5, 0.6) is 5.75 Å². The van der Waals surface area contributed by atoms with Crippen LogP contribution < -0.4 is 4.74 Å². The Bertz CT molecular complexity index is 599. The molecule has 0 aromatic heterocycles. The second-order valence-corrected chi connectivity index (χ2v) is 5.93. The molecule has 19 heavy (non-hydrogen) atoms. The fraction of sp³-hybridized carbons (Fsp3) is 0.200. The molecule has 100 valence electrons. The van der Waals surface area contributed by atoms with Crippen LogP contribution in [0.3, 0.4) is 0 Å². The van der Waals surface area contributed by atoms with Crippen molar-refractivity contribution in [1.29, 1.82) is 0 Å². The number of methoxy groups -OCH3 is 1.